The second-order valence-corrected chi connectivity index (χ2v) is 4.52. The van der Waals surface area contributed by atoms with Crippen LogP contribution in [0, 0.1) is 6.92 Å². The summed E-state index contributed by atoms with van der Waals surface area (Å²) >= 11 is 0. The first-order valence-electron chi connectivity index (χ1n) is 6.36. The highest BCUT2D eigenvalue weighted by molar-refractivity contribution is 5.34. The van der Waals surface area contributed by atoms with E-state index in [4.69, 9.17) is 10.5 Å². The van der Waals surface area contributed by atoms with E-state index >= 15 is 0 Å². The maximum Gasteiger partial charge on any atom is 0.136 e. The van der Waals surface area contributed by atoms with Crippen molar-refractivity contribution in [3.8, 4) is 5.75 Å². The molecular formula is C16H19NO2. The fourth-order valence-corrected chi connectivity index (χ4v) is 2.03. The zero-order chi connectivity index (χ0) is 13.7. The Hall–Kier alpha value is -1.84. The summed E-state index contributed by atoms with van der Waals surface area (Å²) in [6.45, 7) is 2.39. The summed E-state index contributed by atoms with van der Waals surface area (Å²) in [7, 11) is 0. The van der Waals surface area contributed by atoms with Gasteiger partial charge in [0.05, 0.1) is 6.61 Å². The molecule has 0 amide bonds. The van der Waals surface area contributed by atoms with Gasteiger partial charge >= 0.3 is 0 Å². The number of para-hydroxylation sites is 1. The van der Waals surface area contributed by atoms with Crippen molar-refractivity contribution in [3.63, 3.8) is 0 Å². The van der Waals surface area contributed by atoms with Crippen molar-refractivity contribution >= 4 is 0 Å². The van der Waals surface area contributed by atoms with Gasteiger partial charge in [-0.15, -0.1) is 0 Å². The minimum atomic E-state index is -0.201. The first-order chi connectivity index (χ1) is 9.24. The van der Waals surface area contributed by atoms with Gasteiger partial charge in [-0.1, -0.05) is 48.0 Å². The van der Waals surface area contributed by atoms with Gasteiger partial charge in [0.1, 0.15) is 11.9 Å². The largest absolute Gasteiger partial charge is 0.484 e. The number of hydrogen-bond donors (Lipinski definition) is 2. The zero-order valence-corrected chi connectivity index (χ0v) is 11.0. The molecule has 0 aliphatic heterocycles. The van der Waals surface area contributed by atoms with Gasteiger partial charge in [-0.2, -0.15) is 0 Å². The summed E-state index contributed by atoms with van der Waals surface area (Å²) in [6.07, 6.45) is -0.201. The molecule has 0 fully saturated rings. The Kier molecular flexibility index (Phi) is 4.55. The molecule has 3 nitrogen and oxygen atoms in total. The van der Waals surface area contributed by atoms with E-state index in [2.05, 4.69) is 6.07 Å². The average Bonchev–Trinajstić information content (AvgIpc) is 2.45. The highest BCUT2D eigenvalue weighted by Crippen LogP contribution is 2.25. The van der Waals surface area contributed by atoms with Crippen molar-refractivity contribution in [2.45, 2.75) is 19.6 Å². The maximum atomic E-state index is 9.31. The van der Waals surface area contributed by atoms with Crippen LogP contribution in [0.2, 0.25) is 0 Å². The lowest BCUT2D eigenvalue weighted by molar-refractivity contribution is 0.203. The molecule has 0 radical (unpaired) electrons. The van der Waals surface area contributed by atoms with E-state index in [9.17, 15) is 5.11 Å². The molecule has 100 valence electrons. The van der Waals surface area contributed by atoms with Gasteiger partial charge in [-0.05, 0) is 18.6 Å². The molecule has 1 atom stereocenters. The molecule has 0 saturated heterocycles. The maximum absolute atomic E-state index is 9.31. The Morgan fingerprint density at radius 2 is 1.95 bits per heavy atom. The van der Waals surface area contributed by atoms with Gasteiger partial charge in [0.2, 0.25) is 0 Å². The Labute approximate surface area is 113 Å². The van der Waals surface area contributed by atoms with Crippen LogP contribution in [-0.4, -0.2) is 11.7 Å². The fraction of sp³-hybridized carbons (Fsp3) is 0.250. The van der Waals surface area contributed by atoms with Crippen molar-refractivity contribution in [1.82, 2.24) is 0 Å². The lowest BCUT2D eigenvalue weighted by atomic mass is 10.1. The molecule has 0 aromatic heterocycles. The Bertz CT molecular complexity index is 540. The summed E-state index contributed by atoms with van der Waals surface area (Å²) < 4.78 is 5.94. The molecule has 0 heterocycles. The predicted molar refractivity (Wildman–Crippen MR) is 76.0 cm³/mol. The van der Waals surface area contributed by atoms with E-state index in [1.54, 1.807) is 0 Å². The number of aliphatic hydroxyl groups is 1. The molecule has 1 unspecified atom stereocenters. The lowest BCUT2D eigenvalue weighted by Gasteiger charge is -2.20. The molecule has 0 saturated carbocycles. The molecule has 3 N–H and O–H groups in total. The van der Waals surface area contributed by atoms with Crippen LogP contribution in [0.5, 0.6) is 5.75 Å². The number of hydrogen-bond acceptors (Lipinski definition) is 3. The van der Waals surface area contributed by atoms with Crippen LogP contribution < -0.4 is 10.5 Å². The molecule has 2 aromatic rings. The quantitative estimate of drug-likeness (QED) is 0.865. The van der Waals surface area contributed by atoms with Crippen LogP contribution in [0.1, 0.15) is 22.8 Å². The average molecular weight is 257 g/mol. The van der Waals surface area contributed by atoms with Gasteiger partial charge in [0.25, 0.3) is 0 Å². The monoisotopic (exact) mass is 257 g/mol. The van der Waals surface area contributed by atoms with Crippen molar-refractivity contribution in [2.75, 3.05) is 6.54 Å². The Morgan fingerprint density at radius 3 is 2.63 bits per heavy atom. The topological polar surface area (TPSA) is 55.5 Å². The second-order valence-electron chi connectivity index (χ2n) is 4.52. The summed E-state index contributed by atoms with van der Waals surface area (Å²) in [4.78, 5) is 0. The lowest BCUT2D eigenvalue weighted by Crippen LogP contribution is -2.19. The number of nitrogens with two attached hydrogens (primary N) is 1. The van der Waals surface area contributed by atoms with Gasteiger partial charge in [-0.3, -0.25) is 0 Å². The minimum Gasteiger partial charge on any atom is -0.484 e. The van der Waals surface area contributed by atoms with Crippen LogP contribution in [0.15, 0.2) is 48.5 Å². The van der Waals surface area contributed by atoms with Crippen molar-refractivity contribution in [2.24, 2.45) is 5.73 Å². The molecule has 2 rings (SSSR count). The van der Waals surface area contributed by atoms with E-state index in [-0.39, 0.29) is 12.7 Å². The first kappa shape index (κ1) is 13.6. The molecule has 2 aromatic carbocycles. The van der Waals surface area contributed by atoms with Crippen LogP contribution in [0.4, 0.5) is 0 Å². The molecule has 19 heavy (non-hydrogen) atoms. The van der Waals surface area contributed by atoms with E-state index in [0.717, 1.165) is 11.1 Å². The number of ether oxygens (including phenoxy) is 1. The predicted octanol–water partition coefficient (Wildman–Crippen LogP) is 2.57. The smallest absolute Gasteiger partial charge is 0.136 e. The standard InChI is InChI=1S/C16H19NO2/c1-12-5-4-7-13(9-12)16(10-17)19-15-8-3-2-6-14(15)11-18/h2-9,16,18H,10-11,17H2,1H3. The second kappa shape index (κ2) is 6.36. The summed E-state index contributed by atoms with van der Waals surface area (Å²) in [6, 6.07) is 15.6. The number of aliphatic hydroxyl groups excluding tert-OH is 1. The van der Waals surface area contributed by atoms with Crippen molar-refractivity contribution in [1.29, 1.82) is 0 Å². The minimum absolute atomic E-state index is 0.0404. The highest BCUT2D eigenvalue weighted by Gasteiger charge is 2.13. The molecule has 3 heteroatoms. The Balaban J connectivity index is 2.24. The number of benzene rings is 2. The van der Waals surface area contributed by atoms with E-state index in [1.165, 1.54) is 5.56 Å². The molecular weight excluding hydrogens is 238 g/mol. The zero-order valence-electron chi connectivity index (χ0n) is 11.0. The van der Waals surface area contributed by atoms with Crippen LogP contribution in [0.25, 0.3) is 0 Å². The van der Waals surface area contributed by atoms with Gasteiger partial charge < -0.3 is 15.6 Å². The molecule has 0 aliphatic carbocycles. The number of rotatable bonds is 5. The third-order valence-electron chi connectivity index (χ3n) is 3.04. The van der Waals surface area contributed by atoms with Crippen LogP contribution >= 0.6 is 0 Å². The highest BCUT2D eigenvalue weighted by atomic mass is 16.5. The van der Waals surface area contributed by atoms with E-state index < -0.39 is 0 Å². The fourth-order valence-electron chi connectivity index (χ4n) is 2.03. The van der Waals surface area contributed by atoms with E-state index in [0.29, 0.717) is 12.3 Å². The molecule has 0 spiro atoms. The summed E-state index contributed by atoms with van der Waals surface area (Å²) in [5, 5.41) is 9.31. The molecule has 0 bridgehead atoms. The van der Waals surface area contributed by atoms with Gasteiger partial charge in [-0.25, -0.2) is 0 Å². The first-order valence-corrected chi connectivity index (χ1v) is 6.36. The third kappa shape index (κ3) is 3.34. The van der Waals surface area contributed by atoms with Gasteiger partial charge in [0, 0.05) is 12.1 Å². The SMILES string of the molecule is Cc1cccc(C(CN)Oc2ccccc2CO)c1. The van der Waals surface area contributed by atoms with Gasteiger partial charge in [0.15, 0.2) is 0 Å². The Morgan fingerprint density at radius 1 is 1.16 bits per heavy atom. The van der Waals surface area contributed by atoms with Crippen molar-refractivity contribution < 1.29 is 9.84 Å². The summed E-state index contributed by atoms with van der Waals surface area (Å²) in [5.74, 6) is 0.682. The van der Waals surface area contributed by atoms with Crippen molar-refractivity contribution in [3.05, 3.63) is 65.2 Å². The van der Waals surface area contributed by atoms with Crippen LogP contribution in [-0.2, 0) is 6.61 Å². The third-order valence-corrected chi connectivity index (χ3v) is 3.04. The van der Waals surface area contributed by atoms with E-state index in [1.807, 2.05) is 49.4 Å². The number of aryl methyl sites for hydroxylation is 1. The molecule has 0 aliphatic rings. The normalized spacial score (nSPS) is 12.2. The van der Waals surface area contributed by atoms with Crippen LogP contribution in [0.3, 0.4) is 0 Å². The summed E-state index contributed by atoms with van der Waals surface area (Å²) in [5.41, 5.74) is 8.81.